The molecular formula is C17H19N3O5. The molecule has 8 heteroatoms. The van der Waals surface area contributed by atoms with Gasteiger partial charge in [0, 0.05) is 13.5 Å². The molecule has 1 fully saturated rings. The summed E-state index contributed by atoms with van der Waals surface area (Å²) in [5.74, 6) is -2.04. The molecule has 0 bridgehead atoms. The molecule has 132 valence electrons. The van der Waals surface area contributed by atoms with Gasteiger partial charge < -0.3 is 5.11 Å². The van der Waals surface area contributed by atoms with Crippen molar-refractivity contribution in [3.63, 3.8) is 0 Å². The third-order valence-electron chi connectivity index (χ3n) is 4.67. The van der Waals surface area contributed by atoms with Gasteiger partial charge in [-0.25, -0.2) is 4.79 Å². The van der Waals surface area contributed by atoms with Crippen molar-refractivity contribution in [1.29, 1.82) is 0 Å². The van der Waals surface area contributed by atoms with Crippen molar-refractivity contribution in [2.24, 2.45) is 7.05 Å². The summed E-state index contributed by atoms with van der Waals surface area (Å²) in [6, 6.07) is 4.53. The number of imide groups is 1. The molecule has 8 nitrogen and oxygen atoms in total. The molecule has 0 spiro atoms. The van der Waals surface area contributed by atoms with Crippen molar-refractivity contribution in [3.05, 3.63) is 34.2 Å². The van der Waals surface area contributed by atoms with Crippen LogP contribution in [-0.2, 0) is 21.4 Å². The van der Waals surface area contributed by atoms with Crippen molar-refractivity contribution >= 4 is 28.8 Å². The molecule has 1 aromatic carbocycles. The number of benzene rings is 1. The number of carbonyl (C=O) groups is 3. The molecular weight excluding hydrogens is 326 g/mol. The van der Waals surface area contributed by atoms with E-state index in [-0.39, 0.29) is 36.8 Å². The summed E-state index contributed by atoms with van der Waals surface area (Å²) in [5, 5.41) is 11.3. The molecule has 2 amide bonds. The number of para-hydroxylation sites is 1. The quantitative estimate of drug-likeness (QED) is 0.800. The van der Waals surface area contributed by atoms with Crippen molar-refractivity contribution < 1.29 is 19.5 Å². The SMILES string of the molecule is CC(CC(=O)O)c1cccc2c1n(C)c(=O)n2C1CCC(=O)NC1=O. The number of carboxylic acids is 1. The summed E-state index contributed by atoms with van der Waals surface area (Å²) in [4.78, 5) is 47.4. The second-order valence-corrected chi connectivity index (χ2v) is 6.39. The number of amides is 2. The van der Waals surface area contributed by atoms with E-state index in [1.165, 1.54) is 9.13 Å². The van der Waals surface area contributed by atoms with Crippen molar-refractivity contribution in [2.75, 3.05) is 0 Å². The van der Waals surface area contributed by atoms with Crippen LogP contribution in [0.2, 0.25) is 0 Å². The van der Waals surface area contributed by atoms with Gasteiger partial charge in [-0.2, -0.15) is 0 Å². The minimum absolute atomic E-state index is 0.0586. The Kier molecular flexibility index (Phi) is 4.20. The summed E-state index contributed by atoms with van der Waals surface area (Å²) >= 11 is 0. The Balaban J connectivity index is 2.18. The van der Waals surface area contributed by atoms with Crippen LogP contribution in [0.25, 0.3) is 11.0 Å². The van der Waals surface area contributed by atoms with E-state index in [0.29, 0.717) is 11.0 Å². The standard InChI is InChI=1S/C17H19N3O5/c1-9(8-14(22)23)10-4-3-5-11-15(10)19(2)17(25)20(11)12-6-7-13(21)18-16(12)24/h3-5,9,12H,6-8H2,1-2H3,(H,22,23)(H,18,21,24). The molecule has 2 atom stereocenters. The van der Waals surface area contributed by atoms with E-state index in [1.54, 1.807) is 32.2 Å². The van der Waals surface area contributed by atoms with Crippen LogP contribution in [0.15, 0.2) is 23.0 Å². The fraction of sp³-hybridized carbons (Fsp3) is 0.412. The lowest BCUT2D eigenvalue weighted by Crippen LogP contribution is -2.44. The molecule has 3 rings (SSSR count). The Morgan fingerprint density at radius 2 is 2.08 bits per heavy atom. The summed E-state index contributed by atoms with van der Waals surface area (Å²) in [6.45, 7) is 1.79. The van der Waals surface area contributed by atoms with E-state index < -0.39 is 17.9 Å². The number of carboxylic acid groups (broad SMARTS) is 1. The zero-order valence-corrected chi connectivity index (χ0v) is 14.0. The Morgan fingerprint density at radius 1 is 1.36 bits per heavy atom. The van der Waals surface area contributed by atoms with Gasteiger partial charge in [-0.1, -0.05) is 19.1 Å². The van der Waals surface area contributed by atoms with E-state index >= 15 is 0 Å². The second-order valence-electron chi connectivity index (χ2n) is 6.39. The number of hydrogen-bond donors (Lipinski definition) is 2. The highest BCUT2D eigenvalue weighted by Crippen LogP contribution is 2.29. The number of imidazole rings is 1. The van der Waals surface area contributed by atoms with Crippen LogP contribution < -0.4 is 11.0 Å². The average molecular weight is 345 g/mol. The maximum absolute atomic E-state index is 12.8. The van der Waals surface area contributed by atoms with Crippen molar-refractivity contribution in [2.45, 2.75) is 38.1 Å². The lowest BCUT2D eigenvalue weighted by atomic mass is 9.96. The van der Waals surface area contributed by atoms with Gasteiger partial charge >= 0.3 is 11.7 Å². The van der Waals surface area contributed by atoms with Gasteiger partial charge in [0.25, 0.3) is 0 Å². The summed E-state index contributed by atoms with van der Waals surface area (Å²) in [7, 11) is 1.60. The van der Waals surface area contributed by atoms with Crippen molar-refractivity contribution in [1.82, 2.24) is 14.5 Å². The summed E-state index contributed by atoms with van der Waals surface area (Å²) in [5.41, 5.74) is 1.56. The number of nitrogens with zero attached hydrogens (tertiary/aromatic N) is 2. The molecule has 2 aromatic rings. The smallest absolute Gasteiger partial charge is 0.329 e. The van der Waals surface area contributed by atoms with Crippen LogP contribution in [-0.4, -0.2) is 32.0 Å². The molecule has 0 aliphatic carbocycles. The van der Waals surface area contributed by atoms with Crippen LogP contribution >= 0.6 is 0 Å². The number of piperidine rings is 1. The predicted octanol–water partition coefficient (Wildman–Crippen LogP) is 0.896. The highest BCUT2D eigenvalue weighted by molar-refractivity contribution is 6.00. The molecule has 1 aromatic heterocycles. The lowest BCUT2D eigenvalue weighted by Gasteiger charge is -2.22. The molecule has 25 heavy (non-hydrogen) atoms. The summed E-state index contributed by atoms with van der Waals surface area (Å²) < 4.78 is 2.83. The number of aliphatic carboxylic acids is 1. The van der Waals surface area contributed by atoms with Gasteiger partial charge in [0.1, 0.15) is 6.04 Å². The zero-order valence-electron chi connectivity index (χ0n) is 14.0. The summed E-state index contributed by atoms with van der Waals surface area (Å²) in [6.07, 6.45) is 0.379. The Hall–Kier alpha value is -2.90. The first kappa shape index (κ1) is 16.9. The first-order valence-corrected chi connectivity index (χ1v) is 8.06. The number of rotatable bonds is 4. The lowest BCUT2D eigenvalue weighted by molar-refractivity contribution is -0.138. The van der Waals surface area contributed by atoms with Crippen LogP contribution in [0.5, 0.6) is 0 Å². The predicted molar refractivity (Wildman–Crippen MR) is 89.3 cm³/mol. The molecule has 0 saturated carbocycles. The van der Waals surface area contributed by atoms with E-state index in [9.17, 15) is 19.2 Å². The van der Waals surface area contributed by atoms with Crippen LogP contribution in [0.3, 0.4) is 0 Å². The number of carbonyl (C=O) groups excluding carboxylic acids is 2. The van der Waals surface area contributed by atoms with Gasteiger partial charge in [-0.15, -0.1) is 0 Å². The maximum atomic E-state index is 12.8. The third kappa shape index (κ3) is 2.84. The zero-order chi connectivity index (χ0) is 18.3. The highest BCUT2D eigenvalue weighted by atomic mass is 16.4. The van der Waals surface area contributed by atoms with E-state index in [2.05, 4.69) is 5.32 Å². The second kappa shape index (κ2) is 6.19. The van der Waals surface area contributed by atoms with Gasteiger partial charge in [0.2, 0.25) is 11.8 Å². The number of nitrogens with one attached hydrogen (secondary N) is 1. The van der Waals surface area contributed by atoms with Gasteiger partial charge in [0.05, 0.1) is 17.5 Å². The first-order valence-electron chi connectivity index (χ1n) is 8.06. The maximum Gasteiger partial charge on any atom is 0.329 e. The van der Waals surface area contributed by atoms with Crippen LogP contribution in [0.4, 0.5) is 0 Å². The molecule has 0 radical (unpaired) electrons. The highest BCUT2D eigenvalue weighted by Gasteiger charge is 2.31. The fourth-order valence-electron chi connectivity index (χ4n) is 3.47. The van der Waals surface area contributed by atoms with Gasteiger partial charge in [-0.3, -0.25) is 28.8 Å². The Labute approximate surface area is 143 Å². The average Bonchev–Trinajstić information content (AvgIpc) is 2.79. The molecule has 2 unspecified atom stereocenters. The molecule has 2 heterocycles. The van der Waals surface area contributed by atoms with Crippen molar-refractivity contribution in [3.8, 4) is 0 Å². The minimum Gasteiger partial charge on any atom is -0.481 e. The van der Waals surface area contributed by atoms with E-state index in [0.717, 1.165) is 5.56 Å². The Morgan fingerprint density at radius 3 is 2.72 bits per heavy atom. The molecule has 2 N–H and O–H groups in total. The largest absolute Gasteiger partial charge is 0.481 e. The molecule has 1 saturated heterocycles. The van der Waals surface area contributed by atoms with E-state index in [4.69, 9.17) is 5.11 Å². The van der Waals surface area contributed by atoms with Gasteiger partial charge in [0.15, 0.2) is 0 Å². The molecule has 1 aliphatic heterocycles. The van der Waals surface area contributed by atoms with Gasteiger partial charge in [-0.05, 0) is 24.0 Å². The van der Waals surface area contributed by atoms with E-state index in [1.807, 2.05) is 0 Å². The Bertz CT molecular complexity index is 940. The number of hydrogen-bond acceptors (Lipinski definition) is 4. The number of aromatic nitrogens is 2. The third-order valence-corrected chi connectivity index (χ3v) is 4.67. The topological polar surface area (TPSA) is 110 Å². The fourth-order valence-corrected chi connectivity index (χ4v) is 3.47. The van der Waals surface area contributed by atoms with Crippen LogP contribution in [0, 0.1) is 0 Å². The number of aryl methyl sites for hydroxylation is 1. The number of fused-ring (bicyclic) bond motifs is 1. The normalized spacial score (nSPS) is 19.0. The van der Waals surface area contributed by atoms with Crippen LogP contribution in [0.1, 0.15) is 43.7 Å². The molecule has 1 aliphatic rings. The monoisotopic (exact) mass is 345 g/mol. The minimum atomic E-state index is -0.917. The first-order chi connectivity index (χ1) is 11.8.